The molecule has 1 aliphatic heterocycles. The molecule has 2 rings (SSSR count). The molecule has 0 bridgehead atoms. The number of rotatable bonds is 2. The molecule has 0 aliphatic carbocycles. The minimum Gasteiger partial charge on any atom is -0.314 e. The Labute approximate surface area is 123 Å². The molecule has 1 heterocycles. The summed E-state index contributed by atoms with van der Waals surface area (Å²) >= 11 is 3.44. The van der Waals surface area contributed by atoms with E-state index in [0.29, 0.717) is 24.5 Å². The van der Waals surface area contributed by atoms with Crippen molar-refractivity contribution in [1.29, 1.82) is 0 Å². The molecule has 1 aliphatic rings. The van der Waals surface area contributed by atoms with Crippen molar-refractivity contribution < 1.29 is 8.42 Å². The summed E-state index contributed by atoms with van der Waals surface area (Å²) < 4.78 is 28.1. The average molecular weight is 347 g/mol. The fourth-order valence-corrected chi connectivity index (χ4v) is 4.72. The predicted molar refractivity (Wildman–Crippen MR) is 79.8 cm³/mol. The fraction of sp³-hybridized carbons (Fsp3) is 0.538. The SMILES string of the molecule is Cc1cc(S(=O)(=O)N2CCNCC2C)c(C)cc1Br. The van der Waals surface area contributed by atoms with Crippen LogP contribution >= 0.6 is 15.9 Å². The van der Waals surface area contributed by atoms with Gasteiger partial charge in [0.1, 0.15) is 0 Å². The number of nitrogens with one attached hydrogen (secondary N) is 1. The highest BCUT2D eigenvalue weighted by Crippen LogP contribution is 2.27. The summed E-state index contributed by atoms with van der Waals surface area (Å²) in [6.45, 7) is 7.61. The Hall–Kier alpha value is -0.430. The maximum absolute atomic E-state index is 12.8. The summed E-state index contributed by atoms with van der Waals surface area (Å²) in [4.78, 5) is 0.418. The first-order valence-corrected chi connectivity index (χ1v) is 8.56. The average Bonchev–Trinajstić information content (AvgIpc) is 2.34. The topological polar surface area (TPSA) is 49.4 Å². The van der Waals surface area contributed by atoms with Crippen molar-refractivity contribution in [3.8, 4) is 0 Å². The normalized spacial score (nSPS) is 21.6. The fourth-order valence-electron chi connectivity index (χ4n) is 2.34. The third-order valence-electron chi connectivity index (χ3n) is 3.48. The highest BCUT2D eigenvalue weighted by Gasteiger charge is 2.32. The minimum absolute atomic E-state index is 0.0119. The Morgan fingerprint density at radius 1 is 1.32 bits per heavy atom. The maximum Gasteiger partial charge on any atom is 0.243 e. The summed E-state index contributed by atoms with van der Waals surface area (Å²) in [6, 6.07) is 3.61. The van der Waals surface area contributed by atoms with E-state index in [0.717, 1.165) is 15.6 Å². The van der Waals surface area contributed by atoms with Gasteiger partial charge in [-0.3, -0.25) is 0 Å². The van der Waals surface area contributed by atoms with Gasteiger partial charge in [-0.05, 0) is 44.0 Å². The molecule has 106 valence electrons. The van der Waals surface area contributed by atoms with E-state index in [1.54, 1.807) is 10.4 Å². The molecule has 0 amide bonds. The molecule has 1 atom stereocenters. The first kappa shape index (κ1) is 15.0. The zero-order chi connectivity index (χ0) is 14.2. The van der Waals surface area contributed by atoms with Crippen LogP contribution in [0, 0.1) is 13.8 Å². The maximum atomic E-state index is 12.8. The highest BCUT2D eigenvalue weighted by atomic mass is 79.9. The third-order valence-corrected chi connectivity index (χ3v) is 6.49. The van der Waals surface area contributed by atoms with Gasteiger partial charge in [0.2, 0.25) is 10.0 Å². The van der Waals surface area contributed by atoms with E-state index in [9.17, 15) is 8.42 Å². The van der Waals surface area contributed by atoms with Crippen LogP contribution in [0.4, 0.5) is 0 Å². The van der Waals surface area contributed by atoms with Gasteiger partial charge < -0.3 is 5.32 Å². The van der Waals surface area contributed by atoms with Crippen molar-refractivity contribution in [2.75, 3.05) is 19.6 Å². The van der Waals surface area contributed by atoms with Crippen LogP contribution in [0.3, 0.4) is 0 Å². The molecule has 1 unspecified atom stereocenters. The molecule has 1 saturated heterocycles. The molecule has 6 heteroatoms. The monoisotopic (exact) mass is 346 g/mol. The van der Waals surface area contributed by atoms with Gasteiger partial charge in [0.25, 0.3) is 0 Å². The second kappa shape index (κ2) is 5.52. The summed E-state index contributed by atoms with van der Waals surface area (Å²) in [5.41, 5.74) is 1.72. The van der Waals surface area contributed by atoms with Crippen LogP contribution in [0.2, 0.25) is 0 Å². The van der Waals surface area contributed by atoms with Crippen LogP contribution in [0.15, 0.2) is 21.5 Å². The van der Waals surface area contributed by atoms with Crippen LogP contribution in [-0.4, -0.2) is 38.4 Å². The van der Waals surface area contributed by atoms with E-state index >= 15 is 0 Å². The first-order valence-electron chi connectivity index (χ1n) is 6.33. The molecule has 0 saturated carbocycles. The van der Waals surface area contributed by atoms with Crippen molar-refractivity contribution in [1.82, 2.24) is 9.62 Å². The smallest absolute Gasteiger partial charge is 0.243 e. The van der Waals surface area contributed by atoms with Crippen LogP contribution in [0.5, 0.6) is 0 Å². The lowest BCUT2D eigenvalue weighted by molar-refractivity contribution is 0.283. The standard InChI is InChI=1S/C13H19BrN2O2S/c1-9-7-13(10(2)6-12(9)14)19(17,18)16-5-4-15-8-11(16)3/h6-7,11,15H,4-5,8H2,1-3H3. The predicted octanol–water partition coefficient (Wildman–Crippen LogP) is 2.05. The Bertz CT molecular complexity index is 587. The molecule has 1 N–H and O–H groups in total. The molecule has 4 nitrogen and oxygen atoms in total. The Kier molecular flexibility index (Phi) is 4.35. The van der Waals surface area contributed by atoms with Crippen molar-refractivity contribution in [3.05, 3.63) is 27.7 Å². The van der Waals surface area contributed by atoms with E-state index in [4.69, 9.17) is 0 Å². The van der Waals surface area contributed by atoms with Crippen LogP contribution < -0.4 is 5.32 Å². The zero-order valence-electron chi connectivity index (χ0n) is 11.4. The molecule has 0 aromatic heterocycles. The third kappa shape index (κ3) is 2.86. The second-order valence-electron chi connectivity index (χ2n) is 5.04. The molecule has 1 aromatic rings. The molecule has 0 spiro atoms. The van der Waals surface area contributed by atoms with E-state index in [1.165, 1.54) is 0 Å². The van der Waals surface area contributed by atoms with Gasteiger partial charge in [-0.2, -0.15) is 4.31 Å². The molecule has 1 aromatic carbocycles. The lowest BCUT2D eigenvalue weighted by atomic mass is 10.2. The van der Waals surface area contributed by atoms with Gasteiger partial charge in [0.05, 0.1) is 4.90 Å². The van der Waals surface area contributed by atoms with E-state index < -0.39 is 10.0 Å². The summed E-state index contributed by atoms with van der Waals surface area (Å²) in [7, 11) is -3.41. The zero-order valence-corrected chi connectivity index (χ0v) is 13.8. The van der Waals surface area contributed by atoms with Gasteiger partial charge in [-0.25, -0.2) is 8.42 Å². The van der Waals surface area contributed by atoms with Gasteiger partial charge in [-0.15, -0.1) is 0 Å². The second-order valence-corrected chi connectivity index (χ2v) is 7.75. The quantitative estimate of drug-likeness (QED) is 0.891. The number of nitrogens with zero attached hydrogens (tertiary/aromatic N) is 1. The van der Waals surface area contributed by atoms with Crippen LogP contribution in [-0.2, 0) is 10.0 Å². The number of hydrogen-bond acceptors (Lipinski definition) is 3. The Morgan fingerprint density at radius 2 is 2.00 bits per heavy atom. The lowest BCUT2D eigenvalue weighted by Gasteiger charge is -2.33. The van der Waals surface area contributed by atoms with Crippen molar-refractivity contribution in [2.45, 2.75) is 31.7 Å². The van der Waals surface area contributed by atoms with Gasteiger partial charge in [0.15, 0.2) is 0 Å². The number of piperazine rings is 1. The van der Waals surface area contributed by atoms with Crippen LogP contribution in [0.25, 0.3) is 0 Å². The number of sulfonamides is 1. The summed E-state index contributed by atoms with van der Waals surface area (Å²) in [5.74, 6) is 0. The van der Waals surface area contributed by atoms with Crippen molar-refractivity contribution >= 4 is 26.0 Å². The number of aryl methyl sites for hydroxylation is 2. The largest absolute Gasteiger partial charge is 0.314 e. The molecule has 0 radical (unpaired) electrons. The molecule has 1 fully saturated rings. The van der Waals surface area contributed by atoms with Gasteiger partial charge >= 0.3 is 0 Å². The lowest BCUT2D eigenvalue weighted by Crippen LogP contribution is -2.52. The highest BCUT2D eigenvalue weighted by molar-refractivity contribution is 9.10. The molecular formula is C13H19BrN2O2S. The van der Waals surface area contributed by atoms with Gasteiger partial charge in [0, 0.05) is 30.1 Å². The minimum atomic E-state index is -3.41. The number of halogens is 1. The Morgan fingerprint density at radius 3 is 2.63 bits per heavy atom. The van der Waals surface area contributed by atoms with E-state index in [1.807, 2.05) is 26.8 Å². The van der Waals surface area contributed by atoms with Crippen molar-refractivity contribution in [3.63, 3.8) is 0 Å². The van der Waals surface area contributed by atoms with Crippen LogP contribution in [0.1, 0.15) is 18.1 Å². The summed E-state index contributed by atoms with van der Waals surface area (Å²) in [6.07, 6.45) is 0. The Balaban J connectivity index is 2.47. The van der Waals surface area contributed by atoms with Crippen molar-refractivity contribution in [2.24, 2.45) is 0 Å². The number of benzene rings is 1. The number of hydrogen-bond donors (Lipinski definition) is 1. The first-order chi connectivity index (χ1) is 8.84. The van der Waals surface area contributed by atoms with Gasteiger partial charge in [-0.1, -0.05) is 15.9 Å². The summed E-state index contributed by atoms with van der Waals surface area (Å²) in [5, 5.41) is 3.21. The molecule has 19 heavy (non-hydrogen) atoms. The van der Waals surface area contributed by atoms with E-state index in [-0.39, 0.29) is 6.04 Å². The van der Waals surface area contributed by atoms with E-state index in [2.05, 4.69) is 21.2 Å². The molecular weight excluding hydrogens is 328 g/mol.